The minimum atomic E-state index is 0.354. The van der Waals surface area contributed by atoms with Gasteiger partial charge in [0, 0.05) is 55.7 Å². The highest BCUT2D eigenvalue weighted by molar-refractivity contribution is 5.61. The van der Waals surface area contributed by atoms with Gasteiger partial charge in [-0.05, 0) is 12.1 Å². The van der Waals surface area contributed by atoms with Crippen LogP contribution in [0.4, 0.5) is 11.6 Å². The average molecular weight is 385 g/mol. The highest BCUT2D eigenvalue weighted by Gasteiger charge is 2.20. The molecular formula is C22H23N7. The zero-order chi connectivity index (χ0) is 19.6. The summed E-state index contributed by atoms with van der Waals surface area (Å²) in [5.41, 5.74) is 10.1. The lowest BCUT2D eigenvalue weighted by Gasteiger charge is -2.36. The van der Waals surface area contributed by atoms with E-state index in [9.17, 15) is 0 Å². The molecule has 0 amide bonds. The lowest BCUT2D eigenvalue weighted by atomic mass is 10.2. The molecule has 0 bridgehead atoms. The van der Waals surface area contributed by atoms with Crippen LogP contribution in [0.1, 0.15) is 5.56 Å². The number of benzene rings is 2. The van der Waals surface area contributed by atoms with Gasteiger partial charge in [-0.2, -0.15) is 4.52 Å². The van der Waals surface area contributed by atoms with Crippen molar-refractivity contribution in [3.63, 3.8) is 0 Å². The summed E-state index contributed by atoms with van der Waals surface area (Å²) in [7, 11) is 0. The highest BCUT2D eigenvalue weighted by Crippen LogP contribution is 2.21. The fourth-order valence-electron chi connectivity index (χ4n) is 3.80. The first-order chi connectivity index (χ1) is 14.3. The Labute approximate surface area is 169 Å². The van der Waals surface area contributed by atoms with E-state index in [1.807, 2.05) is 36.5 Å². The molecule has 2 N–H and O–H groups in total. The second-order valence-electron chi connectivity index (χ2n) is 7.28. The van der Waals surface area contributed by atoms with Crippen molar-refractivity contribution in [1.82, 2.24) is 24.5 Å². The number of nitrogens with two attached hydrogens (primary N) is 1. The molecule has 2 aromatic heterocycles. The van der Waals surface area contributed by atoms with E-state index in [4.69, 9.17) is 10.7 Å². The fraction of sp³-hybridized carbons (Fsp3) is 0.227. The van der Waals surface area contributed by atoms with Crippen LogP contribution in [-0.2, 0) is 6.54 Å². The number of piperazine rings is 1. The molecule has 5 rings (SSSR count). The van der Waals surface area contributed by atoms with Crippen LogP contribution in [0.2, 0.25) is 0 Å². The first-order valence-corrected chi connectivity index (χ1v) is 9.86. The van der Waals surface area contributed by atoms with Crippen LogP contribution in [0.3, 0.4) is 0 Å². The van der Waals surface area contributed by atoms with E-state index >= 15 is 0 Å². The Morgan fingerprint density at radius 2 is 1.55 bits per heavy atom. The zero-order valence-corrected chi connectivity index (χ0v) is 16.1. The summed E-state index contributed by atoms with van der Waals surface area (Å²) in [6, 6.07) is 20.5. The summed E-state index contributed by atoms with van der Waals surface area (Å²) in [5.74, 6) is 1.02. The number of nitrogen functional groups attached to an aromatic ring is 1. The summed E-state index contributed by atoms with van der Waals surface area (Å²) in [6.07, 6.45) is 1.83. The maximum atomic E-state index is 6.06. The van der Waals surface area contributed by atoms with Gasteiger partial charge in [-0.25, -0.2) is 9.97 Å². The van der Waals surface area contributed by atoms with Gasteiger partial charge in [0.15, 0.2) is 11.5 Å². The lowest BCUT2D eigenvalue weighted by molar-refractivity contribution is 0.250. The minimum absolute atomic E-state index is 0.354. The van der Waals surface area contributed by atoms with Crippen molar-refractivity contribution in [3.8, 4) is 11.4 Å². The molecule has 4 aromatic rings. The molecule has 1 aliphatic rings. The fourth-order valence-corrected chi connectivity index (χ4v) is 3.80. The van der Waals surface area contributed by atoms with E-state index in [2.05, 4.69) is 50.2 Å². The van der Waals surface area contributed by atoms with E-state index in [0.717, 1.165) is 49.5 Å². The Balaban J connectivity index is 1.36. The van der Waals surface area contributed by atoms with Gasteiger partial charge >= 0.3 is 0 Å². The van der Waals surface area contributed by atoms with Crippen molar-refractivity contribution in [1.29, 1.82) is 0 Å². The van der Waals surface area contributed by atoms with E-state index in [-0.39, 0.29) is 0 Å². The van der Waals surface area contributed by atoms with Crippen molar-refractivity contribution in [2.75, 3.05) is 36.8 Å². The number of fused-ring (bicyclic) bond motifs is 1. The molecule has 0 atom stereocenters. The first kappa shape index (κ1) is 17.6. The van der Waals surface area contributed by atoms with Gasteiger partial charge in [-0.3, -0.25) is 4.90 Å². The number of para-hydroxylation sites is 1. The van der Waals surface area contributed by atoms with Crippen molar-refractivity contribution in [2.45, 2.75) is 6.54 Å². The second-order valence-corrected chi connectivity index (χ2v) is 7.28. The van der Waals surface area contributed by atoms with Gasteiger partial charge in [-0.15, -0.1) is 5.10 Å². The van der Waals surface area contributed by atoms with Crippen LogP contribution >= 0.6 is 0 Å². The van der Waals surface area contributed by atoms with Gasteiger partial charge < -0.3 is 10.6 Å². The molecule has 7 heteroatoms. The van der Waals surface area contributed by atoms with Crippen LogP contribution in [0.15, 0.2) is 66.9 Å². The third-order valence-electron chi connectivity index (χ3n) is 5.38. The third kappa shape index (κ3) is 3.52. The highest BCUT2D eigenvalue weighted by atomic mass is 15.4. The Morgan fingerprint density at radius 1 is 0.862 bits per heavy atom. The molecule has 0 spiro atoms. The molecule has 2 aromatic carbocycles. The number of nitrogens with zero attached hydrogens (tertiary/aromatic N) is 6. The molecule has 0 radical (unpaired) electrons. The van der Waals surface area contributed by atoms with E-state index in [1.54, 1.807) is 4.52 Å². The van der Waals surface area contributed by atoms with E-state index in [1.165, 1.54) is 5.69 Å². The Bertz CT molecular complexity index is 1100. The van der Waals surface area contributed by atoms with Crippen molar-refractivity contribution in [3.05, 3.63) is 72.4 Å². The minimum Gasteiger partial charge on any atom is -0.369 e. The largest absolute Gasteiger partial charge is 0.369 e. The van der Waals surface area contributed by atoms with Crippen molar-refractivity contribution < 1.29 is 0 Å². The summed E-state index contributed by atoms with van der Waals surface area (Å²) in [6.45, 7) is 4.78. The van der Waals surface area contributed by atoms with Crippen LogP contribution in [-0.4, -0.2) is 50.7 Å². The topological polar surface area (TPSA) is 75.6 Å². The maximum Gasteiger partial charge on any atom is 0.223 e. The van der Waals surface area contributed by atoms with E-state index in [0.29, 0.717) is 11.8 Å². The molecule has 1 saturated heterocycles. The predicted octanol–water partition coefficient (Wildman–Crippen LogP) is 2.70. The van der Waals surface area contributed by atoms with Crippen LogP contribution < -0.4 is 10.6 Å². The Morgan fingerprint density at radius 3 is 2.28 bits per heavy atom. The molecule has 1 aliphatic heterocycles. The molecular weight excluding hydrogens is 362 g/mol. The Hall–Kier alpha value is -3.45. The van der Waals surface area contributed by atoms with Gasteiger partial charge in [0.2, 0.25) is 5.95 Å². The van der Waals surface area contributed by atoms with Gasteiger partial charge in [0.05, 0.1) is 0 Å². The first-order valence-electron chi connectivity index (χ1n) is 9.86. The molecule has 1 fully saturated rings. The number of aromatic nitrogens is 4. The number of hydrogen-bond donors (Lipinski definition) is 1. The monoisotopic (exact) mass is 385 g/mol. The molecule has 0 saturated carbocycles. The summed E-state index contributed by atoms with van der Waals surface area (Å²) in [5, 5.41) is 4.58. The molecule has 0 unspecified atom stereocenters. The van der Waals surface area contributed by atoms with Crippen LogP contribution in [0.25, 0.3) is 17.0 Å². The summed E-state index contributed by atoms with van der Waals surface area (Å²) in [4.78, 5) is 14.0. The lowest BCUT2D eigenvalue weighted by Crippen LogP contribution is -2.46. The second kappa shape index (κ2) is 7.52. The number of rotatable bonds is 4. The van der Waals surface area contributed by atoms with Gasteiger partial charge in [-0.1, -0.05) is 48.5 Å². The standard InChI is InChI=1S/C22H23N7/c23-22-24-15-18(21-25-20(26-29(21)22)17-7-3-1-4-8-17)16-27-11-13-28(14-12-27)19-9-5-2-6-10-19/h1-10,15H,11-14,16H2,(H2,23,24). The molecule has 146 valence electrons. The van der Waals surface area contributed by atoms with Crippen molar-refractivity contribution in [2.24, 2.45) is 0 Å². The summed E-state index contributed by atoms with van der Waals surface area (Å²) < 4.78 is 1.65. The number of anilines is 2. The van der Waals surface area contributed by atoms with Gasteiger partial charge in [0.1, 0.15) is 0 Å². The normalized spacial score (nSPS) is 15.1. The quantitative estimate of drug-likeness (QED) is 0.582. The van der Waals surface area contributed by atoms with E-state index < -0.39 is 0 Å². The predicted molar refractivity (Wildman–Crippen MR) is 115 cm³/mol. The SMILES string of the molecule is Nc1ncc(CN2CCN(c3ccccc3)CC2)c2nc(-c3ccccc3)nn12. The van der Waals surface area contributed by atoms with Crippen molar-refractivity contribution >= 4 is 17.3 Å². The molecule has 7 nitrogen and oxygen atoms in total. The summed E-state index contributed by atoms with van der Waals surface area (Å²) >= 11 is 0. The maximum absolute atomic E-state index is 6.06. The average Bonchev–Trinajstić information content (AvgIpc) is 3.24. The van der Waals surface area contributed by atoms with Crippen LogP contribution in [0, 0.1) is 0 Å². The molecule has 0 aliphatic carbocycles. The smallest absolute Gasteiger partial charge is 0.223 e. The molecule has 29 heavy (non-hydrogen) atoms. The molecule has 3 heterocycles. The van der Waals surface area contributed by atoms with Crippen LogP contribution in [0.5, 0.6) is 0 Å². The third-order valence-corrected chi connectivity index (χ3v) is 5.38. The zero-order valence-electron chi connectivity index (χ0n) is 16.1. The van der Waals surface area contributed by atoms with Gasteiger partial charge in [0.25, 0.3) is 0 Å². The Kier molecular flexibility index (Phi) is 4.57. The number of hydrogen-bond acceptors (Lipinski definition) is 6.